The van der Waals surface area contributed by atoms with Gasteiger partial charge in [-0.3, -0.25) is 4.79 Å². The number of ketones is 1. The molecule has 2 aromatic carbocycles. The smallest absolute Gasteiger partial charge is 0.416 e. The summed E-state index contributed by atoms with van der Waals surface area (Å²) < 4.78 is 72.9. The minimum Gasteiger partial charge on any atom is -0.460 e. The molecule has 0 amide bonds. The first-order valence-electron chi connectivity index (χ1n) is 7.91. The first-order valence-corrected chi connectivity index (χ1v) is 9.48. The molecule has 0 spiro atoms. The molecule has 0 bridgehead atoms. The zero-order valence-electron chi connectivity index (χ0n) is 14.1. The molecule has 148 valence electrons. The summed E-state index contributed by atoms with van der Waals surface area (Å²) in [6.07, 6.45) is -6.14. The van der Waals surface area contributed by atoms with Gasteiger partial charge in [0.05, 0.1) is 5.56 Å². The number of nitrogens with two attached hydrogens (primary N) is 1. The van der Waals surface area contributed by atoms with Gasteiger partial charge in [0.15, 0.2) is 6.10 Å². The van der Waals surface area contributed by atoms with Gasteiger partial charge >= 0.3 is 16.3 Å². The third kappa shape index (κ3) is 4.28. The number of hydrogen-bond donors (Lipinski definition) is 1. The lowest BCUT2D eigenvalue weighted by atomic mass is 10.0. The van der Waals surface area contributed by atoms with Crippen molar-refractivity contribution in [2.75, 3.05) is 0 Å². The number of alkyl halides is 3. The van der Waals surface area contributed by atoms with Gasteiger partial charge in [-0.25, -0.2) is 0 Å². The lowest BCUT2D eigenvalue weighted by molar-refractivity contribution is -0.137. The van der Waals surface area contributed by atoms with Gasteiger partial charge in [-0.05, 0) is 17.7 Å². The highest BCUT2D eigenvalue weighted by Crippen LogP contribution is 2.36. The van der Waals surface area contributed by atoms with E-state index in [0.29, 0.717) is 5.56 Å². The summed E-state index contributed by atoms with van der Waals surface area (Å²) in [5, 5.41) is 0. The maximum atomic E-state index is 12.9. The van der Waals surface area contributed by atoms with Crippen molar-refractivity contribution in [2.45, 2.75) is 18.0 Å². The third-order valence-corrected chi connectivity index (χ3v) is 4.95. The van der Waals surface area contributed by atoms with Crippen molar-refractivity contribution >= 4 is 15.9 Å². The SMILES string of the molecule is NC1=C(OS(=O)(=O)Cc2ccccc2)C(=O)C(c2cccc(C(F)(F)F)c2)O1. The number of rotatable bonds is 5. The molecule has 1 heterocycles. The summed E-state index contributed by atoms with van der Waals surface area (Å²) >= 11 is 0. The fourth-order valence-electron chi connectivity index (χ4n) is 2.59. The van der Waals surface area contributed by atoms with E-state index in [1.54, 1.807) is 30.3 Å². The first kappa shape index (κ1) is 19.7. The maximum Gasteiger partial charge on any atom is 0.416 e. The average molecular weight is 413 g/mol. The molecular formula is C18H14F3NO5S. The van der Waals surface area contributed by atoms with Gasteiger partial charge in [0, 0.05) is 5.56 Å². The van der Waals surface area contributed by atoms with E-state index in [-0.39, 0.29) is 5.56 Å². The summed E-state index contributed by atoms with van der Waals surface area (Å²) in [5.41, 5.74) is 4.86. The van der Waals surface area contributed by atoms with Crippen molar-refractivity contribution in [3.05, 3.63) is 82.9 Å². The quantitative estimate of drug-likeness (QED) is 0.757. The van der Waals surface area contributed by atoms with Crippen LogP contribution in [0, 0.1) is 0 Å². The van der Waals surface area contributed by atoms with E-state index in [2.05, 4.69) is 0 Å². The van der Waals surface area contributed by atoms with Gasteiger partial charge in [0.1, 0.15) is 5.75 Å². The van der Waals surface area contributed by atoms with E-state index in [1.165, 1.54) is 6.07 Å². The number of ether oxygens (including phenoxy) is 1. The van der Waals surface area contributed by atoms with E-state index < -0.39 is 51.1 Å². The molecule has 0 saturated carbocycles. The highest BCUT2D eigenvalue weighted by molar-refractivity contribution is 7.86. The fraction of sp³-hybridized carbons (Fsp3) is 0.167. The van der Waals surface area contributed by atoms with Crippen LogP contribution in [0.3, 0.4) is 0 Å². The van der Waals surface area contributed by atoms with Crippen LogP contribution in [0.25, 0.3) is 0 Å². The standard InChI is InChI=1S/C18H14F3NO5S/c19-18(20,21)13-8-4-7-12(9-13)15-14(23)16(17(22)26-15)27-28(24,25)10-11-5-2-1-3-6-11/h1-9,15H,10,22H2. The molecule has 3 rings (SSSR count). The topological polar surface area (TPSA) is 95.7 Å². The van der Waals surface area contributed by atoms with Crippen LogP contribution in [0.15, 0.2) is 66.2 Å². The highest BCUT2D eigenvalue weighted by atomic mass is 32.2. The molecule has 0 aliphatic carbocycles. The number of benzene rings is 2. The van der Waals surface area contributed by atoms with Gasteiger partial charge in [0.2, 0.25) is 17.4 Å². The molecule has 0 radical (unpaired) electrons. The lowest BCUT2D eigenvalue weighted by Gasteiger charge is -2.13. The second kappa shape index (κ2) is 7.19. The molecule has 0 saturated heterocycles. The molecule has 2 aromatic rings. The Hall–Kier alpha value is -3.01. The van der Waals surface area contributed by atoms with Crippen LogP contribution in [0.4, 0.5) is 13.2 Å². The van der Waals surface area contributed by atoms with E-state index in [4.69, 9.17) is 14.7 Å². The van der Waals surface area contributed by atoms with Crippen LogP contribution in [0.1, 0.15) is 22.8 Å². The molecule has 10 heteroatoms. The van der Waals surface area contributed by atoms with E-state index in [0.717, 1.165) is 18.2 Å². The molecule has 0 fully saturated rings. The van der Waals surface area contributed by atoms with Crippen molar-refractivity contribution in [1.29, 1.82) is 0 Å². The first-order chi connectivity index (χ1) is 13.1. The van der Waals surface area contributed by atoms with E-state index >= 15 is 0 Å². The number of halogens is 3. The summed E-state index contributed by atoms with van der Waals surface area (Å²) in [5.74, 6) is -2.86. The molecule has 6 nitrogen and oxygen atoms in total. The Kier molecular flexibility index (Phi) is 5.07. The maximum absolute atomic E-state index is 12.9. The van der Waals surface area contributed by atoms with Crippen LogP contribution in [-0.2, 0) is 35.8 Å². The van der Waals surface area contributed by atoms with E-state index in [9.17, 15) is 26.4 Å². The number of hydrogen-bond acceptors (Lipinski definition) is 6. The van der Waals surface area contributed by atoms with Gasteiger partial charge in [-0.1, -0.05) is 42.5 Å². The Morgan fingerprint density at radius 3 is 2.39 bits per heavy atom. The number of Topliss-reactive ketones (excluding diaryl/α,β-unsaturated/α-hetero) is 1. The minimum absolute atomic E-state index is 0.123. The molecular weight excluding hydrogens is 399 g/mol. The van der Waals surface area contributed by atoms with Gasteiger partial charge in [-0.15, -0.1) is 0 Å². The Morgan fingerprint density at radius 1 is 1.07 bits per heavy atom. The Labute approximate surface area is 158 Å². The van der Waals surface area contributed by atoms with Crippen LogP contribution in [0.5, 0.6) is 0 Å². The van der Waals surface area contributed by atoms with Gasteiger partial charge in [-0.2, -0.15) is 21.6 Å². The Morgan fingerprint density at radius 2 is 1.75 bits per heavy atom. The van der Waals surface area contributed by atoms with Crippen molar-refractivity contribution in [3.63, 3.8) is 0 Å². The van der Waals surface area contributed by atoms with Crippen LogP contribution < -0.4 is 5.73 Å². The molecule has 28 heavy (non-hydrogen) atoms. The lowest BCUT2D eigenvalue weighted by Crippen LogP contribution is -2.16. The molecule has 1 aliphatic heterocycles. The largest absolute Gasteiger partial charge is 0.460 e. The predicted molar refractivity (Wildman–Crippen MR) is 91.6 cm³/mol. The summed E-state index contributed by atoms with van der Waals surface area (Å²) in [4.78, 5) is 12.5. The van der Waals surface area contributed by atoms with Crippen LogP contribution >= 0.6 is 0 Å². The molecule has 2 N–H and O–H groups in total. The molecule has 1 unspecified atom stereocenters. The third-order valence-electron chi connectivity index (χ3n) is 3.84. The predicted octanol–water partition coefficient (Wildman–Crippen LogP) is 3.02. The highest BCUT2D eigenvalue weighted by Gasteiger charge is 2.40. The van der Waals surface area contributed by atoms with Crippen LogP contribution in [0.2, 0.25) is 0 Å². The molecule has 1 aliphatic rings. The van der Waals surface area contributed by atoms with Gasteiger partial charge < -0.3 is 14.7 Å². The van der Waals surface area contributed by atoms with Crippen molar-refractivity contribution in [1.82, 2.24) is 0 Å². The second-order valence-corrected chi connectivity index (χ2v) is 7.52. The summed E-state index contributed by atoms with van der Waals surface area (Å²) in [6, 6.07) is 12.0. The molecule has 0 aromatic heterocycles. The zero-order valence-corrected chi connectivity index (χ0v) is 15.0. The summed E-state index contributed by atoms with van der Waals surface area (Å²) in [7, 11) is -4.24. The summed E-state index contributed by atoms with van der Waals surface area (Å²) in [6.45, 7) is 0. The molecule has 1 atom stereocenters. The van der Waals surface area contributed by atoms with Crippen molar-refractivity contribution < 1.29 is 35.3 Å². The van der Waals surface area contributed by atoms with Crippen LogP contribution in [-0.4, -0.2) is 14.2 Å². The number of carbonyl (C=O) groups is 1. The second-order valence-electron chi connectivity index (χ2n) is 5.95. The van der Waals surface area contributed by atoms with Crippen molar-refractivity contribution in [2.24, 2.45) is 5.73 Å². The van der Waals surface area contributed by atoms with Gasteiger partial charge in [0.25, 0.3) is 0 Å². The minimum atomic E-state index is -4.62. The monoisotopic (exact) mass is 413 g/mol. The average Bonchev–Trinajstić information content (AvgIpc) is 2.89. The fourth-order valence-corrected chi connectivity index (χ4v) is 3.67. The Balaban J connectivity index is 1.80. The van der Waals surface area contributed by atoms with E-state index in [1.807, 2.05) is 0 Å². The normalized spacial score (nSPS) is 17.5. The zero-order chi connectivity index (χ0) is 20.5. The Bertz CT molecular complexity index is 1030. The number of carbonyl (C=O) groups excluding carboxylic acids is 1. The van der Waals surface area contributed by atoms with Crippen molar-refractivity contribution in [3.8, 4) is 0 Å².